The van der Waals surface area contributed by atoms with Crippen molar-refractivity contribution < 1.29 is 13.9 Å². The molecule has 6 heteroatoms. The van der Waals surface area contributed by atoms with Gasteiger partial charge in [0.1, 0.15) is 11.5 Å². The molecule has 1 saturated heterocycles. The first-order valence-corrected chi connectivity index (χ1v) is 8.46. The second kappa shape index (κ2) is 7.73. The molecule has 24 heavy (non-hydrogen) atoms. The van der Waals surface area contributed by atoms with E-state index < -0.39 is 6.10 Å². The third kappa shape index (κ3) is 4.10. The van der Waals surface area contributed by atoms with Gasteiger partial charge in [-0.05, 0) is 31.2 Å². The molecule has 1 amide bonds. The second-order valence-electron chi connectivity index (χ2n) is 5.87. The van der Waals surface area contributed by atoms with Crippen molar-refractivity contribution in [3.05, 3.63) is 53.4 Å². The number of furan rings is 1. The lowest BCUT2D eigenvalue weighted by molar-refractivity contribution is -0.139. The highest BCUT2D eigenvalue weighted by molar-refractivity contribution is 6.32. The minimum atomic E-state index is -0.554. The standard InChI is InChI=1S/C18H21ClN2O3/c1-14(24-17-7-3-2-6-16(17)19)18(22)21-10-8-20(9-11-21)13-15-5-4-12-23-15/h2-7,12,14H,8-11,13H2,1H3. The van der Waals surface area contributed by atoms with E-state index in [9.17, 15) is 4.79 Å². The van der Waals surface area contributed by atoms with Gasteiger partial charge in [-0.25, -0.2) is 0 Å². The van der Waals surface area contributed by atoms with Crippen molar-refractivity contribution in [2.75, 3.05) is 26.2 Å². The zero-order chi connectivity index (χ0) is 16.9. The molecule has 0 spiro atoms. The van der Waals surface area contributed by atoms with E-state index in [2.05, 4.69) is 4.90 Å². The van der Waals surface area contributed by atoms with Crippen LogP contribution in [-0.4, -0.2) is 48.0 Å². The van der Waals surface area contributed by atoms with Gasteiger partial charge in [0.25, 0.3) is 5.91 Å². The van der Waals surface area contributed by atoms with Crippen LogP contribution >= 0.6 is 11.6 Å². The van der Waals surface area contributed by atoms with Gasteiger partial charge in [0.15, 0.2) is 6.10 Å². The van der Waals surface area contributed by atoms with Gasteiger partial charge in [0, 0.05) is 26.2 Å². The molecule has 0 saturated carbocycles. The summed E-state index contributed by atoms with van der Waals surface area (Å²) in [6.07, 6.45) is 1.13. The highest BCUT2D eigenvalue weighted by atomic mass is 35.5. The maximum atomic E-state index is 12.6. The van der Waals surface area contributed by atoms with E-state index in [0.717, 1.165) is 25.4 Å². The number of hydrogen-bond donors (Lipinski definition) is 0. The Balaban J connectivity index is 1.50. The van der Waals surface area contributed by atoms with Gasteiger partial charge in [-0.15, -0.1) is 0 Å². The Morgan fingerprint density at radius 1 is 1.21 bits per heavy atom. The Kier molecular flexibility index (Phi) is 5.43. The molecule has 0 radical (unpaired) electrons. The number of carbonyl (C=O) groups is 1. The predicted molar refractivity (Wildman–Crippen MR) is 92.1 cm³/mol. The van der Waals surface area contributed by atoms with Crippen LogP contribution in [-0.2, 0) is 11.3 Å². The summed E-state index contributed by atoms with van der Waals surface area (Å²) in [5.41, 5.74) is 0. The van der Waals surface area contributed by atoms with Crippen LogP contribution in [0.1, 0.15) is 12.7 Å². The van der Waals surface area contributed by atoms with E-state index in [1.165, 1.54) is 0 Å². The Morgan fingerprint density at radius 3 is 2.62 bits per heavy atom. The summed E-state index contributed by atoms with van der Waals surface area (Å²) in [6.45, 7) is 5.57. The van der Waals surface area contributed by atoms with Crippen molar-refractivity contribution in [3.63, 3.8) is 0 Å². The fourth-order valence-electron chi connectivity index (χ4n) is 2.79. The minimum Gasteiger partial charge on any atom is -0.479 e. The van der Waals surface area contributed by atoms with Crippen molar-refractivity contribution >= 4 is 17.5 Å². The van der Waals surface area contributed by atoms with Crippen molar-refractivity contribution in [2.24, 2.45) is 0 Å². The number of piperazine rings is 1. The molecule has 1 unspecified atom stereocenters. The molecular weight excluding hydrogens is 328 g/mol. The summed E-state index contributed by atoms with van der Waals surface area (Å²) >= 11 is 6.08. The molecule has 3 rings (SSSR count). The van der Waals surface area contributed by atoms with Gasteiger partial charge in [-0.1, -0.05) is 23.7 Å². The van der Waals surface area contributed by atoms with E-state index in [4.69, 9.17) is 20.8 Å². The van der Waals surface area contributed by atoms with E-state index in [1.54, 1.807) is 25.3 Å². The number of para-hydroxylation sites is 1. The number of halogens is 1. The van der Waals surface area contributed by atoms with E-state index in [1.807, 2.05) is 29.2 Å². The Bertz CT molecular complexity index is 667. The summed E-state index contributed by atoms with van der Waals surface area (Å²) in [4.78, 5) is 16.7. The lowest BCUT2D eigenvalue weighted by Gasteiger charge is -2.35. The fraction of sp³-hybridized carbons (Fsp3) is 0.389. The number of benzene rings is 1. The highest BCUT2D eigenvalue weighted by Gasteiger charge is 2.26. The largest absolute Gasteiger partial charge is 0.479 e. The number of ether oxygens (including phenoxy) is 1. The van der Waals surface area contributed by atoms with Crippen molar-refractivity contribution in [1.29, 1.82) is 0 Å². The Labute approximate surface area is 146 Å². The smallest absolute Gasteiger partial charge is 0.263 e. The van der Waals surface area contributed by atoms with Gasteiger partial charge in [-0.3, -0.25) is 9.69 Å². The molecule has 1 aliphatic rings. The third-order valence-corrected chi connectivity index (χ3v) is 4.44. The first-order valence-electron chi connectivity index (χ1n) is 8.08. The van der Waals surface area contributed by atoms with E-state index in [-0.39, 0.29) is 5.91 Å². The first-order chi connectivity index (χ1) is 11.6. The third-order valence-electron chi connectivity index (χ3n) is 4.13. The van der Waals surface area contributed by atoms with Gasteiger partial charge in [0.2, 0.25) is 0 Å². The van der Waals surface area contributed by atoms with Crippen molar-refractivity contribution in [3.8, 4) is 5.75 Å². The maximum absolute atomic E-state index is 12.6. The number of rotatable bonds is 5. The lowest BCUT2D eigenvalue weighted by atomic mass is 10.2. The average molecular weight is 349 g/mol. The molecule has 2 aromatic rings. The monoisotopic (exact) mass is 348 g/mol. The summed E-state index contributed by atoms with van der Waals surface area (Å²) in [5, 5.41) is 0.514. The minimum absolute atomic E-state index is 0.00688. The molecule has 1 aromatic heterocycles. The summed E-state index contributed by atoms with van der Waals surface area (Å²) in [7, 11) is 0. The molecule has 128 valence electrons. The van der Waals surface area contributed by atoms with Gasteiger partial charge in [0.05, 0.1) is 17.8 Å². The van der Waals surface area contributed by atoms with E-state index in [0.29, 0.717) is 23.9 Å². The lowest BCUT2D eigenvalue weighted by Crippen LogP contribution is -2.51. The summed E-state index contributed by atoms with van der Waals surface area (Å²) in [5.74, 6) is 1.48. The average Bonchev–Trinajstić information content (AvgIpc) is 3.10. The molecule has 0 bridgehead atoms. The number of hydrogen-bond acceptors (Lipinski definition) is 4. The highest BCUT2D eigenvalue weighted by Crippen LogP contribution is 2.24. The van der Waals surface area contributed by atoms with Crippen molar-refractivity contribution in [1.82, 2.24) is 9.80 Å². The fourth-order valence-corrected chi connectivity index (χ4v) is 2.97. The maximum Gasteiger partial charge on any atom is 0.263 e. The quantitative estimate of drug-likeness (QED) is 0.833. The Hall–Kier alpha value is -1.98. The summed E-state index contributed by atoms with van der Waals surface area (Å²) in [6, 6.07) is 11.1. The normalized spacial score (nSPS) is 16.8. The van der Waals surface area contributed by atoms with Crippen LogP contribution in [0.15, 0.2) is 47.1 Å². The van der Waals surface area contributed by atoms with Gasteiger partial charge < -0.3 is 14.1 Å². The zero-order valence-electron chi connectivity index (χ0n) is 13.7. The van der Waals surface area contributed by atoms with Crippen LogP contribution in [0.25, 0.3) is 0 Å². The topological polar surface area (TPSA) is 45.9 Å². The van der Waals surface area contributed by atoms with Crippen LogP contribution in [0.5, 0.6) is 5.75 Å². The molecule has 1 aliphatic heterocycles. The second-order valence-corrected chi connectivity index (χ2v) is 6.28. The summed E-state index contributed by atoms with van der Waals surface area (Å²) < 4.78 is 11.1. The molecule has 1 aromatic carbocycles. The first kappa shape index (κ1) is 16.9. The Morgan fingerprint density at radius 2 is 1.96 bits per heavy atom. The molecule has 5 nitrogen and oxygen atoms in total. The SMILES string of the molecule is CC(Oc1ccccc1Cl)C(=O)N1CCN(Cc2ccco2)CC1. The van der Waals surface area contributed by atoms with Crippen molar-refractivity contribution in [2.45, 2.75) is 19.6 Å². The molecule has 0 N–H and O–H groups in total. The number of amides is 1. The molecule has 0 aliphatic carbocycles. The van der Waals surface area contributed by atoms with Crippen LogP contribution in [0.3, 0.4) is 0 Å². The van der Waals surface area contributed by atoms with Crippen LogP contribution in [0.4, 0.5) is 0 Å². The number of nitrogens with zero attached hydrogens (tertiary/aromatic N) is 2. The van der Waals surface area contributed by atoms with Crippen LogP contribution in [0, 0.1) is 0 Å². The number of carbonyl (C=O) groups excluding carboxylic acids is 1. The van der Waals surface area contributed by atoms with E-state index >= 15 is 0 Å². The molecular formula is C18H21ClN2O3. The molecule has 1 atom stereocenters. The van der Waals surface area contributed by atoms with Gasteiger partial charge >= 0.3 is 0 Å². The van der Waals surface area contributed by atoms with Gasteiger partial charge in [-0.2, -0.15) is 0 Å². The predicted octanol–water partition coefficient (Wildman–Crippen LogP) is 3.04. The molecule has 1 fully saturated rings. The van der Waals surface area contributed by atoms with Crippen LogP contribution < -0.4 is 4.74 Å². The van der Waals surface area contributed by atoms with Crippen LogP contribution in [0.2, 0.25) is 5.02 Å². The molecule has 2 heterocycles. The zero-order valence-corrected chi connectivity index (χ0v) is 14.4.